The number of hydrogen-bond acceptors (Lipinski definition) is 6. The van der Waals surface area contributed by atoms with Crippen molar-refractivity contribution in [2.45, 2.75) is 32.2 Å². The van der Waals surface area contributed by atoms with Crippen molar-refractivity contribution < 1.29 is 4.92 Å². The molecule has 2 atom stereocenters. The Morgan fingerprint density at radius 2 is 2.26 bits per heavy atom. The van der Waals surface area contributed by atoms with Gasteiger partial charge in [-0.15, -0.1) is 0 Å². The number of rotatable bonds is 3. The van der Waals surface area contributed by atoms with Crippen LogP contribution in [0.5, 0.6) is 0 Å². The third kappa shape index (κ3) is 2.90. The highest BCUT2D eigenvalue weighted by Gasteiger charge is 2.29. The first-order valence-corrected chi connectivity index (χ1v) is 6.23. The van der Waals surface area contributed by atoms with Crippen LogP contribution in [0, 0.1) is 34.3 Å². The lowest BCUT2D eigenvalue weighted by atomic mass is 10.1. The molecule has 100 valence electrons. The SMILES string of the molecule is Cc1nc(Cl)c([N+](=O)[O-])c(NC2CCC(C#N)C2)n1. The monoisotopic (exact) mass is 281 g/mol. The lowest BCUT2D eigenvalue weighted by Gasteiger charge is -2.13. The van der Waals surface area contributed by atoms with Crippen LogP contribution in [0.15, 0.2) is 0 Å². The minimum absolute atomic E-state index is 0.00466. The zero-order valence-electron chi connectivity index (χ0n) is 10.3. The summed E-state index contributed by atoms with van der Waals surface area (Å²) in [7, 11) is 0. The van der Waals surface area contributed by atoms with Gasteiger partial charge in [-0.25, -0.2) is 9.97 Å². The fourth-order valence-electron chi connectivity index (χ4n) is 2.22. The van der Waals surface area contributed by atoms with E-state index < -0.39 is 4.92 Å². The molecule has 0 aliphatic heterocycles. The molecule has 1 fully saturated rings. The largest absolute Gasteiger partial charge is 0.361 e. The second-order valence-corrected chi connectivity index (χ2v) is 4.85. The Morgan fingerprint density at radius 1 is 1.53 bits per heavy atom. The van der Waals surface area contributed by atoms with Gasteiger partial charge in [0.15, 0.2) is 0 Å². The first-order valence-electron chi connectivity index (χ1n) is 5.86. The minimum atomic E-state index is -0.596. The van der Waals surface area contributed by atoms with Gasteiger partial charge in [-0.3, -0.25) is 10.1 Å². The zero-order chi connectivity index (χ0) is 14.0. The van der Waals surface area contributed by atoms with Crippen LogP contribution < -0.4 is 5.32 Å². The number of nitriles is 1. The standard InChI is InChI=1S/C11H12ClN5O2/c1-6-14-10(12)9(17(18)19)11(15-6)16-8-3-2-7(4-8)5-13/h7-8H,2-4H2,1H3,(H,14,15,16). The summed E-state index contributed by atoms with van der Waals surface area (Å²) in [5, 5.41) is 22.7. The molecule has 1 saturated carbocycles. The van der Waals surface area contributed by atoms with Crippen molar-refractivity contribution in [3.05, 3.63) is 21.1 Å². The molecule has 0 radical (unpaired) electrons. The van der Waals surface area contributed by atoms with Crippen molar-refractivity contribution in [1.29, 1.82) is 5.26 Å². The number of nitrogens with one attached hydrogen (secondary N) is 1. The van der Waals surface area contributed by atoms with E-state index in [1.165, 1.54) is 0 Å². The summed E-state index contributed by atoms with van der Waals surface area (Å²) in [5.74, 6) is 0.494. The van der Waals surface area contributed by atoms with E-state index in [4.69, 9.17) is 16.9 Å². The third-order valence-electron chi connectivity index (χ3n) is 3.09. The Balaban J connectivity index is 2.25. The number of halogens is 1. The molecule has 0 saturated heterocycles. The van der Waals surface area contributed by atoms with E-state index in [1.807, 2.05) is 0 Å². The van der Waals surface area contributed by atoms with E-state index in [9.17, 15) is 10.1 Å². The van der Waals surface area contributed by atoms with Gasteiger partial charge in [-0.1, -0.05) is 11.6 Å². The zero-order valence-corrected chi connectivity index (χ0v) is 11.0. The first kappa shape index (κ1) is 13.5. The van der Waals surface area contributed by atoms with Crippen LogP contribution in [0.3, 0.4) is 0 Å². The molecule has 0 bridgehead atoms. The molecule has 2 unspecified atom stereocenters. The van der Waals surface area contributed by atoms with Gasteiger partial charge in [0.1, 0.15) is 5.82 Å². The van der Waals surface area contributed by atoms with Crippen molar-refractivity contribution in [3.63, 3.8) is 0 Å². The van der Waals surface area contributed by atoms with Crippen molar-refractivity contribution in [2.24, 2.45) is 5.92 Å². The van der Waals surface area contributed by atoms with Gasteiger partial charge in [0.25, 0.3) is 0 Å². The van der Waals surface area contributed by atoms with E-state index in [2.05, 4.69) is 21.4 Å². The van der Waals surface area contributed by atoms with Crippen LogP contribution in [-0.2, 0) is 0 Å². The maximum Gasteiger partial charge on any atom is 0.348 e. The molecule has 1 aromatic rings. The smallest absolute Gasteiger partial charge is 0.348 e. The summed E-state index contributed by atoms with van der Waals surface area (Å²) in [6.45, 7) is 1.62. The molecule has 1 aromatic heterocycles. The van der Waals surface area contributed by atoms with Gasteiger partial charge in [-0.2, -0.15) is 5.26 Å². The molecule has 1 aliphatic rings. The molecule has 1 heterocycles. The van der Waals surface area contributed by atoms with Gasteiger partial charge in [0, 0.05) is 12.0 Å². The molecule has 8 heteroatoms. The van der Waals surface area contributed by atoms with Crippen LogP contribution >= 0.6 is 11.6 Å². The number of anilines is 1. The first-order chi connectivity index (χ1) is 9.01. The Hall–Kier alpha value is -1.94. The summed E-state index contributed by atoms with van der Waals surface area (Å²) in [5.41, 5.74) is -0.312. The van der Waals surface area contributed by atoms with Gasteiger partial charge in [0.05, 0.1) is 11.0 Å². The van der Waals surface area contributed by atoms with Gasteiger partial charge >= 0.3 is 5.69 Å². The van der Waals surface area contributed by atoms with Crippen molar-refractivity contribution in [2.75, 3.05) is 5.32 Å². The van der Waals surface area contributed by atoms with Gasteiger partial charge < -0.3 is 5.32 Å². The van der Waals surface area contributed by atoms with Crippen LogP contribution in [0.4, 0.5) is 11.5 Å². The summed E-state index contributed by atoms with van der Waals surface area (Å²) in [4.78, 5) is 18.2. The normalized spacial score (nSPS) is 21.9. The predicted octanol–water partition coefficient (Wildman–Crippen LogP) is 2.45. The van der Waals surface area contributed by atoms with E-state index in [-0.39, 0.29) is 28.6 Å². The highest BCUT2D eigenvalue weighted by atomic mass is 35.5. The summed E-state index contributed by atoms with van der Waals surface area (Å²) >= 11 is 5.79. The summed E-state index contributed by atoms with van der Waals surface area (Å²) in [6.07, 6.45) is 2.24. The molecule has 2 rings (SSSR count). The van der Waals surface area contributed by atoms with Crippen molar-refractivity contribution in [3.8, 4) is 6.07 Å². The quantitative estimate of drug-likeness (QED) is 0.518. The maximum absolute atomic E-state index is 11.0. The topological polar surface area (TPSA) is 105 Å². The number of aromatic nitrogens is 2. The van der Waals surface area contributed by atoms with E-state index >= 15 is 0 Å². The van der Waals surface area contributed by atoms with Crippen LogP contribution in [0.2, 0.25) is 5.15 Å². The summed E-state index contributed by atoms with van der Waals surface area (Å²) < 4.78 is 0. The minimum Gasteiger partial charge on any atom is -0.361 e. The molecule has 7 nitrogen and oxygen atoms in total. The molecule has 1 aliphatic carbocycles. The van der Waals surface area contributed by atoms with Crippen molar-refractivity contribution >= 4 is 23.1 Å². The molecular weight excluding hydrogens is 270 g/mol. The Kier molecular flexibility index (Phi) is 3.81. The van der Waals surface area contributed by atoms with Crippen molar-refractivity contribution in [1.82, 2.24) is 9.97 Å². The maximum atomic E-state index is 11.0. The number of aryl methyl sites for hydroxylation is 1. The van der Waals surface area contributed by atoms with Crippen LogP contribution in [0.1, 0.15) is 25.1 Å². The van der Waals surface area contributed by atoms with Gasteiger partial charge in [-0.05, 0) is 26.2 Å². The van der Waals surface area contributed by atoms with Crippen LogP contribution in [0.25, 0.3) is 0 Å². The second-order valence-electron chi connectivity index (χ2n) is 4.50. The number of nitrogens with zero attached hydrogens (tertiary/aromatic N) is 4. The number of nitro groups is 1. The molecule has 19 heavy (non-hydrogen) atoms. The lowest BCUT2D eigenvalue weighted by molar-refractivity contribution is -0.384. The highest BCUT2D eigenvalue weighted by Crippen LogP contribution is 2.33. The Morgan fingerprint density at radius 3 is 2.84 bits per heavy atom. The van der Waals surface area contributed by atoms with E-state index in [1.54, 1.807) is 6.92 Å². The van der Waals surface area contributed by atoms with E-state index in [0.29, 0.717) is 12.2 Å². The van der Waals surface area contributed by atoms with Gasteiger partial charge in [0.2, 0.25) is 11.0 Å². The van der Waals surface area contributed by atoms with E-state index in [0.717, 1.165) is 12.8 Å². The predicted molar refractivity (Wildman–Crippen MR) is 68.8 cm³/mol. The molecule has 0 aromatic carbocycles. The molecule has 0 spiro atoms. The van der Waals surface area contributed by atoms with Crippen LogP contribution in [-0.4, -0.2) is 20.9 Å². The number of hydrogen-bond donors (Lipinski definition) is 1. The second kappa shape index (κ2) is 5.36. The Labute approximate surface area is 114 Å². The molecule has 1 N–H and O–H groups in total. The summed E-state index contributed by atoms with van der Waals surface area (Å²) in [6, 6.07) is 2.22. The third-order valence-corrected chi connectivity index (χ3v) is 3.36. The highest BCUT2D eigenvalue weighted by molar-refractivity contribution is 6.31. The average molecular weight is 282 g/mol. The Bertz CT molecular complexity index is 557. The lowest BCUT2D eigenvalue weighted by Crippen LogP contribution is -2.18. The fraction of sp³-hybridized carbons (Fsp3) is 0.545. The molecular formula is C11H12ClN5O2. The molecule has 0 amide bonds. The average Bonchev–Trinajstić information content (AvgIpc) is 2.75. The fourth-order valence-corrected chi connectivity index (χ4v) is 2.50.